The van der Waals surface area contributed by atoms with Crippen molar-refractivity contribution in [3.8, 4) is 0 Å². The summed E-state index contributed by atoms with van der Waals surface area (Å²) >= 11 is 6.07. The molecule has 0 aromatic heterocycles. The standard InChI is InChI=1S/C13H15ClN2O2/c1-8-10(14)4-3-5-11(8)16-7-6-12(17)15-9(2)13(16)18/h3-5,9H,6-7H2,1-2H3,(H,15,17). The summed E-state index contributed by atoms with van der Waals surface area (Å²) in [6.45, 7) is 3.95. The molecule has 1 fully saturated rings. The van der Waals surface area contributed by atoms with Crippen LogP contribution in [0.1, 0.15) is 18.9 Å². The fourth-order valence-electron chi connectivity index (χ4n) is 2.06. The van der Waals surface area contributed by atoms with E-state index in [1.807, 2.05) is 19.1 Å². The number of rotatable bonds is 1. The molecular formula is C13H15ClN2O2. The molecule has 0 aliphatic carbocycles. The number of nitrogens with one attached hydrogen (secondary N) is 1. The summed E-state index contributed by atoms with van der Waals surface area (Å²) in [5.74, 6) is -0.204. The Bertz CT molecular complexity index is 502. The molecule has 2 amide bonds. The molecule has 1 unspecified atom stereocenters. The van der Waals surface area contributed by atoms with Crippen molar-refractivity contribution in [1.29, 1.82) is 0 Å². The average Bonchev–Trinajstić information content (AvgIpc) is 2.44. The number of hydrogen-bond donors (Lipinski definition) is 1. The molecule has 0 radical (unpaired) electrons. The lowest BCUT2D eigenvalue weighted by molar-refractivity contribution is -0.125. The van der Waals surface area contributed by atoms with Crippen LogP contribution in [0.2, 0.25) is 5.02 Å². The minimum Gasteiger partial charge on any atom is -0.345 e. The van der Waals surface area contributed by atoms with Crippen LogP contribution < -0.4 is 10.2 Å². The molecule has 2 rings (SSSR count). The minimum absolute atomic E-state index is 0.0990. The largest absolute Gasteiger partial charge is 0.345 e. The van der Waals surface area contributed by atoms with Gasteiger partial charge in [0.2, 0.25) is 11.8 Å². The Kier molecular flexibility index (Phi) is 3.57. The molecule has 1 aliphatic heterocycles. The van der Waals surface area contributed by atoms with Crippen molar-refractivity contribution >= 4 is 29.1 Å². The number of carbonyl (C=O) groups excluding carboxylic acids is 2. The molecule has 5 heteroatoms. The highest BCUT2D eigenvalue weighted by Crippen LogP contribution is 2.27. The second-order valence-corrected chi connectivity index (χ2v) is 4.82. The summed E-state index contributed by atoms with van der Waals surface area (Å²) in [5, 5.41) is 3.28. The fraction of sp³-hybridized carbons (Fsp3) is 0.385. The Morgan fingerprint density at radius 2 is 2.11 bits per heavy atom. The molecule has 0 spiro atoms. The summed E-state index contributed by atoms with van der Waals surface area (Å²) in [7, 11) is 0. The van der Waals surface area contributed by atoms with E-state index in [4.69, 9.17) is 11.6 Å². The highest BCUT2D eigenvalue weighted by Gasteiger charge is 2.28. The van der Waals surface area contributed by atoms with Crippen LogP contribution in [-0.4, -0.2) is 24.4 Å². The number of carbonyl (C=O) groups is 2. The van der Waals surface area contributed by atoms with E-state index < -0.39 is 6.04 Å². The molecule has 1 heterocycles. The van der Waals surface area contributed by atoms with Crippen LogP contribution in [0, 0.1) is 6.92 Å². The molecule has 0 bridgehead atoms. The molecular weight excluding hydrogens is 252 g/mol. The van der Waals surface area contributed by atoms with Gasteiger partial charge in [0.15, 0.2) is 0 Å². The van der Waals surface area contributed by atoms with Gasteiger partial charge in [0, 0.05) is 23.7 Å². The molecule has 0 saturated carbocycles. The van der Waals surface area contributed by atoms with Gasteiger partial charge in [-0.3, -0.25) is 9.59 Å². The quantitative estimate of drug-likeness (QED) is 0.844. The van der Waals surface area contributed by atoms with Gasteiger partial charge in [0.1, 0.15) is 6.04 Å². The van der Waals surface area contributed by atoms with Gasteiger partial charge < -0.3 is 10.2 Å². The minimum atomic E-state index is -0.501. The highest BCUT2D eigenvalue weighted by atomic mass is 35.5. The maximum atomic E-state index is 12.2. The molecule has 96 valence electrons. The van der Waals surface area contributed by atoms with Gasteiger partial charge in [0.25, 0.3) is 0 Å². The lowest BCUT2D eigenvalue weighted by Crippen LogP contribution is -2.43. The Labute approximate surface area is 111 Å². The van der Waals surface area contributed by atoms with E-state index in [-0.39, 0.29) is 11.8 Å². The number of anilines is 1. The Morgan fingerprint density at radius 3 is 2.83 bits per heavy atom. The Morgan fingerprint density at radius 1 is 1.39 bits per heavy atom. The molecule has 1 atom stereocenters. The maximum absolute atomic E-state index is 12.2. The van der Waals surface area contributed by atoms with Crippen molar-refractivity contribution in [2.24, 2.45) is 0 Å². The van der Waals surface area contributed by atoms with E-state index in [2.05, 4.69) is 5.32 Å². The van der Waals surface area contributed by atoms with Crippen LogP contribution in [0.5, 0.6) is 0 Å². The van der Waals surface area contributed by atoms with Gasteiger partial charge in [-0.05, 0) is 31.5 Å². The molecule has 18 heavy (non-hydrogen) atoms. The van der Waals surface area contributed by atoms with Crippen molar-refractivity contribution < 1.29 is 9.59 Å². The summed E-state index contributed by atoms with van der Waals surface area (Å²) in [6.07, 6.45) is 0.308. The van der Waals surface area contributed by atoms with Gasteiger partial charge >= 0.3 is 0 Å². The molecule has 1 saturated heterocycles. The highest BCUT2D eigenvalue weighted by molar-refractivity contribution is 6.31. The van der Waals surface area contributed by atoms with Crippen LogP contribution in [0.4, 0.5) is 5.69 Å². The summed E-state index contributed by atoms with van der Waals surface area (Å²) in [6, 6.07) is 4.94. The summed E-state index contributed by atoms with van der Waals surface area (Å²) in [5.41, 5.74) is 1.63. The molecule has 1 aromatic rings. The lowest BCUT2D eigenvalue weighted by atomic mass is 10.1. The van der Waals surface area contributed by atoms with E-state index in [9.17, 15) is 9.59 Å². The van der Waals surface area contributed by atoms with Crippen LogP contribution in [-0.2, 0) is 9.59 Å². The van der Waals surface area contributed by atoms with Crippen LogP contribution in [0.15, 0.2) is 18.2 Å². The predicted molar refractivity (Wildman–Crippen MR) is 70.8 cm³/mol. The van der Waals surface area contributed by atoms with Crippen molar-refractivity contribution in [2.45, 2.75) is 26.3 Å². The molecule has 4 nitrogen and oxygen atoms in total. The monoisotopic (exact) mass is 266 g/mol. The second-order valence-electron chi connectivity index (χ2n) is 4.41. The zero-order valence-electron chi connectivity index (χ0n) is 10.4. The number of amides is 2. The number of nitrogens with zero attached hydrogens (tertiary/aromatic N) is 1. The number of hydrogen-bond acceptors (Lipinski definition) is 2. The third-order valence-corrected chi connectivity index (χ3v) is 3.52. The first-order valence-electron chi connectivity index (χ1n) is 5.86. The van der Waals surface area contributed by atoms with E-state index in [1.165, 1.54) is 0 Å². The van der Waals surface area contributed by atoms with E-state index in [0.29, 0.717) is 18.0 Å². The first-order chi connectivity index (χ1) is 8.50. The van der Waals surface area contributed by atoms with E-state index >= 15 is 0 Å². The zero-order chi connectivity index (χ0) is 13.3. The zero-order valence-corrected chi connectivity index (χ0v) is 11.1. The van der Waals surface area contributed by atoms with Gasteiger partial charge in [-0.2, -0.15) is 0 Å². The van der Waals surface area contributed by atoms with Crippen LogP contribution in [0.25, 0.3) is 0 Å². The normalized spacial score (nSPS) is 20.6. The van der Waals surface area contributed by atoms with Crippen molar-refractivity contribution in [2.75, 3.05) is 11.4 Å². The van der Waals surface area contributed by atoms with Gasteiger partial charge in [-0.15, -0.1) is 0 Å². The number of benzene rings is 1. The second kappa shape index (κ2) is 4.98. The summed E-state index contributed by atoms with van der Waals surface area (Å²) in [4.78, 5) is 25.3. The summed E-state index contributed by atoms with van der Waals surface area (Å²) < 4.78 is 0. The van der Waals surface area contributed by atoms with Crippen molar-refractivity contribution in [3.63, 3.8) is 0 Å². The van der Waals surface area contributed by atoms with Crippen molar-refractivity contribution in [3.05, 3.63) is 28.8 Å². The average molecular weight is 267 g/mol. The van der Waals surface area contributed by atoms with Crippen LogP contribution >= 0.6 is 11.6 Å². The number of halogens is 1. The maximum Gasteiger partial charge on any atom is 0.249 e. The molecule has 1 aromatic carbocycles. The molecule has 1 N–H and O–H groups in total. The first-order valence-corrected chi connectivity index (χ1v) is 6.24. The van der Waals surface area contributed by atoms with Gasteiger partial charge in [0.05, 0.1) is 0 Å². The third kappa shape index (κ3) is 2.34. The first kappa shape index (κ1) is 12.9. The molecule has 1 aliphatic rings. The lowest BCUT2D eigenvalue weighted by Gasteiger charge is -2.24. The van der Waals surface area contributed by atoms with E-state index in [1.54, 1.807) is 17.9 Å². The predicted octanol–water partition coefficient (Wildman–Crippen LogP) is 1.89. The fourth-order valence-corrected chi connectivity index (χ4v) is 2.23. The Balaban J connectivity index is 2.39. The smallest absolute Gasteiger partial charge is 0.249 e. The Hall–Kier alpha value is -1.55. The van der Waals surface area contributed by atoms with Gasteiger partial charge in [-0.1, -0.05) is 17.7 Å². The van der Waals surface area contributed by atoms with Crippen LogP contribution in [0.3, 0.4) is 0 Å². The SMILES string of the molecule is Cc1c(Cl)cccc1N1CCC(=O)NC(C)C1=O. The third-order valence-electron chi connectivity index (χ3n) is 3.11. The topological polar surface area (TPSA) is 49.4 Å². The van der Waals surface area contributed by atoms with Gasteiger partial charge in [-0.25, -0.2) is 0 Å². The van der Waals surface area contributed by atoms with Crippen molar-refractivity contribution in [1.82, 2.24) is 5.32 Å². The van der Waals surface area contributed by atoms with E-state index in [0.717, 1.165) is 11.3 Å².